The van der Waals surface area contributed by atoms with Gasteiger partial charge in [0.25, 0.3) is 0 Å². The predicted octanol–water partition coefficient (Wildman–Crippen LogP) is 3.62. The van der Waals surface area contributed by atoms with Gasteiger partial charge in [-0.15, -0.1) is 11.6 Å². The van der Waals surface area contributed by atoms with Crippen LogP contribution in [0.15, 0.2) is 30.5 Å². The van der Waals surface area contributed by atoms with Crippen molar-refractivity contribution >= 4 is 28.2 Å². The molecule has 2 unspecified atom stereocenters. The molecule has 100 valence electrons. The summed E-state index contributed by atoms with van der Waals surface area (Å²) in [5.74, 6) is 0. The summed E-state index contributed by atoms with van der Waals surface area (Å²) in [7, 11) is 2.12. The van der Waals surface area contributed by atoms with Gasteiger partial charge in [-0.25, -0.2) is 0 Å². The van der Waals surface area contributed by atoms with Crippen molar-refractivity contribution in [2.45, 2.75) is 37.1 Å². The van der Waals surface area contributed by atoms with Crippen LogP contribution in [-0.4, -0.2) is 28.7 Å². The lowest BCUT2D eigenvalue weighted by Crippen LogP contribution is -2.41. The van der Waals surface area contributed by atoms with Gasteiger partial charge in [-0.2, -0.15) is 10.2 Å². The number of rotatable bonds is 2. The average molecular weight is 276 g/mol. The van der Waals surface area contributed by atoms with Crippen molar-refractivity contribution < 1.29 is 0 Å². The molecule has 0 saturated heterocycles. The molecule has 3 nitrogen and oxygen atoms in total. The van der Waals surface area contributed by atoms with Crippen LogP contribution in [0.25, 0.3) is 10.9 Å². The fraction of sp³-hybridized carbons (Fsp3) is 0.467. The van der Waals surface area contributed by atoms with Gasteiger partial charge in [0.15, 0.2) is 0 Å². The van der Waals surface area contributed by atoms with Crippen LogP contribution >= 0.6 is 11.6 Å². The average Bonchev–Trinajstić information content (AvgIpc) is 2.46. The highest BCUT2D eigenvalue weighted by Gasteiger charge is 2.27. The van der Waals surface area contributed by atoms with E-state index in [9.17, 15) is 0 Å². The molecule has 0 amide bonds. The highest BCUT2D eigenvalue weighted by atomic mass is 35.5. The largest absolute Gasteiger partial charge is 0.368 e. The number of nitrogens with zero attached hydrogens (tertiary/aromatic N) is 3. The summed E-state index contributed by atoms with van der Waals surface area (Å²) in [6.45, 7) is 0. The monoisotopic (exact) mass is 275 g/mol. The van der Waals surface area contributed by atoms with E-state index in [-0.39, 0.29) is 5.38 Å². The molecule has 1 fully saturated rings. The van der Waals surface area contributed by atoms with Crippen LogP contribution < -0.4 is 4.90 Å². The van der Waals surface area contributed by atoms with Gasteiger partial charge in [0, 0.05) is 18.5 Å². The lowest BCUT2D eigenvalue weighted by molar-refractivity contribution is 0.434. The Morgan fingerprint density at radius 1 is 1.21 bits per heavy atom. The smallest absolute Gasteiger partial charge is 0.0950 e. The Kier molecular flexibility index (Phi) is 3.56. The summed E-state index contributed by atoms with van der Waals surface area (Å²) in [6, 6.07) is 8.52. The normalized spacial score (nSPS) is 23.5. The number of anilines is 1. The van der Waals surface area contributed by atoms with E-state index >= 15 is 0 Å². The minimum absolute atomic E-state index is 0.227. The maximum atomic E-state index is 6.50. The Balaban J connectivity index is 1.99. The molecule has 1 saturated carbocycles. The van der Waals surface area contributed by atoms with E-state index in [0.29, 0.717) is 6.04 Å². The molecule has 1 aliphatic carbocycles. The van der Waals surface area contributed by atoms with Gasteiger partial charge in [0.2, 0.25) is 0 Å². The van der Waals surface area contributed by atoms with Crippen LogP contribution in [0.2, 0.25) is 0 Å². The molecule has 0 N–H and O–H groups in total. The van der Waals surface area contributed by atoms with Gasteiger partial charge >= 0.3 is 0 Å². The van der Waals surface area contributed by atoms with Crippen molar-refractivity contribution in [1.82, 2.24) is 10.2 Å². The SMILES string of the molecule is CN(c1cnnc2ccccc12)C1CCCCC1Cl. The van der Waals surface area contributed by atoms with Gasteiger partial charge in [-0.1, -0.05) is 31.0 Å². The molecule has 19 heavy (non-hydrogen) atoms. The van der Waals surface area contributed by atoms with Crippen LogP contribution in [0.4, 0.5) is 5.69 Å². The molecule has 2 aromatic rings. The summed E-state index contributed by atoms with van der Waals surface area (Å²) >= 11 is 6.50. The van der Waals surface area contributed by atoms with Gasteiger partial charge < -0.3 is 4.90 Å². The molecule has 1 aromatic carbocycles. The van der Waals surface area contributed by atoms with Crippen LogP contribution in [0, 0.1) is 0 Å². The summed E-state index contributed by atoms with van der Waals surface area (Å²) in [4.78, 5) is 2.29. The van der Waals surface area contributed by atoms with Crippen molar-refractivity contribution in [3.63, 3.8) is 0 Å². The van der Waals surface area contributed by atoms with Crippen molar-refractivity contribution in [2.24, 2.45) is 0 Å². The summed E-state index contributed by atoms with van der Waals surface area (Å²) in [6.07, 6.45) is 6.61. The maximum Gasteiger partial charge on any atom is 0.0950 e. The van der Waals surface area contributed by atoms with Gasteiger partial charge in [-0.05, 0) is 18.9 Å². The molecule has 1 aliphatic rings. The second-order valence-electron chi connectivity index (χ2n) is 5.23. The van der Waals surface area contributed by atoms with Gasteiger partial charge in [-0.3, -0.25) is 0 Å². The quantitative estimate of drug-likeness (QED) is 0.784. The third-order valence-electron chi connectivity index (χ3n) is 4.05. The van der Waals surface area contributed by atoms with E-state index in [1.54, 1.807) is 0 Å². The van der Waals surface area contributed by atoms with E-state index in [1.165, 1.54) is 12.8 Å². The number of hydrogen-bond donors (Lipinski definition) is 0. The lowest BCUT2D eigenvalue weighted by Gasteiger charge is -2.36. The first kappa shape index (κ1) is 12.7. The molecule has 4 heteroatoms. The minimum atomic E-state index is 0.227. The number of benzene rings is 1. The fourth-order valence-corrected chi connectivity index (χ4v) is 3.40. The first-order chi connectivity index (χ1) is 9.27. The van der Waals surface area contributed by atoms with E-state index in [1.807, 2.05) is 24.4 Å². The summed E-state index contributed by atoms with van der Waals surface area (Å²) in [5, 5.41) is 9.67. The van der Waals surface area contributed by atoms with Crippen LogP contribution in [-0.2, 0) is 0 Å². The predicted molar refractivity (Wildman–Crippen MR) is 79.8 cm³/mol. The molecule has 3 rings (SSSR count). The number of fused-ring (bicyclic) bond motifs is 1. The molecule has 0 radical (unpaired) electrons. The van der Waals surface area contributed by atoms with Crippen molar-refractivity contribution in [1.29, 1.82) is 0 Å². The highest BCUT2D eigenvalue weighted by Crippen LogP contribution is 2.32. The van der Waals surface area contributed by atoms with E-state index < -0.39 is 0 Å². The molecular weight excluding hydrogens is 258 g/mol. The third kappa shape index (κ3) is 2.39. The first-order valence-corrected chi connectivity index (χ1v) is 7.28. The minimum Gasteiger partial charge on any atom is -0.368 e. The van der Waals surface area contributed by atoms with Gasteiger partial charge in [0.1, 0.15) is 0 Å². The highest BCUT2D eigenvalue weighted by molar-refractivity contribution is 6.21. The zero-order chi connectivity index (χ0) is 13.2. The number of aromatic nitrogens is 2. The second kappa shape index (κ2) is 5.33. The molecule has 0 spiro atoms. The maximum absolute atomic E-state index is 6.50. The summed E-state index contributed by atoms with van der Waals surface area (Å²) < 4.78 is 0. The Hall–Kier alpha value is -1.35. The Morgan fingerprint density at radius 2 is 2.00 bits per heavy atom. The molecule has 2 atom stereocenters. The Labute approximate surface area is 118 Å². The van der Waals surface area contributed by atoms with Crippen LogP contribution in [0.3, 0.4) is 0 Å². The third-order valence-corrected chi connectivity index (χ3v) is 4.56. The number of hydrogen-bond acceptors (Lipinski definition) is 3. The summed E-state index contributed by atoms with van der Waals surface area (Å²) in [5.41, 5.74) is 2.07. The van der Waals surface area contributed by atoms with E-state index in [0.717, 1.165) is 29.4 Å². The zero-order valence-corrected chi connectivity index (χ0v) is 11.8. The van der Waals surface area contributed by atoms with E-state index in [4.69, 9.17) is 11.6 Å². The topological polar surface area (TPSA) is 29.0 Å². The standard InChI is InChI=1S/C15H18ClN3/c1-19(14-9-5-3-7-12(14)16)15-10-17-18-13-8-4-2-6-11(13)15/h2,4,6,8,10,12,14H,3,5,7,9H2,1H3. The van der Waals surface area contributed by atoms with Crippen LogP contribution in [0.5, 0.6) is 0 Å². The fourth-order valence-electron chi connectivity index (χ4n) is 2.95. The van der Waals surface area contributed by atoms with Crippen LogP contribution in [0.1, 0.15) is 25.7 Å². The first-order valence-electron chi connectivity index (χ1n) is 6.84. The molecule has 1 aromatic heterocycles. The molecular formula is C15H18ClN3. The van der Waals surface area contributed by atoms with Gasteiger partial charge in [0.05, 0.1) is 22.8 Å². The Morgan fingerprint density at radius 3 is 2.84 bits per heavy atom. The lowest BCUT2D eigenvalue weighted by atomic mass is 9.93. The zero-order valence-electron chi connectivity index (χ0n) is 11.1. The van der Waals surface area contributed by atoms with Crippen molar-refractivity contribution in [3.8, 4) is 0 Å². The second-order valence-corrected chi connectivity index (χ2v) is 5.79. The van der Waals surface area contributed by atoms with Crippen molar-refractivity contribution in [3.05, 3.63) is 30.5 Å². The molecule has 0 aliphatic heterocycles. The number of halogens is 1. The number of alkyl halides is 1. The van der Waals surface area contributed by atoms with Crippen molar-refractivity contribution in [2.75, 3.05) is 11.9 Å². The Bertz CT molecular complexity index is 567. The van der Waals surface area contributed by atoms with E-state index in [2.05, 4.69) is 28.2 Å². The molecule has 1 heterocycles. The molecule has 0 bridgehead atoms.